The molecule has 0 radical (unpaired) electrons. The Morgan fingerprint density at radius 3 is 2.29 bits per heavy atom. The van der Waals surface area contributed by atoms with Gasteiger partial charge in [0.15, 0.2) is 0 Å². The van der Waals surface area contributed by atoms with E-state index in [4.69, 9.17) is 4.74 Å². The van der Waals surface area contributed by atoms with Gasteiger partial charge in [0.2, 0.25) is 0 Å². The Morgan fingerprint density at radius 2 is 1.81 bits per heavy atom. The molecular formula is C18H35NO2. The molecule has 1 N–H and O–H groups in total. The Hall–Kier alpha value is -0.570. The summed E-state index contributed by atoms with van der Waals surface area (Å²) in [5.41, 5.74) is -0.486. The number of esters is 1. The average Bonchev–Trinajstić information content (AvgIpc) is 2.75. The second kappa shape index (κ2) is 9.45. The zero-order chi connectivity index (χ0) is 15.7. The Balaban J connectivity index is 2.83. The van der Waals surface area contributed by atoms with Gasteiger partial charge >= 0.3 is 5.97 Å². The molecule has 2 unspecified atom stereocenters. The third kappa shape index (κ3) is 5.61. The highest BCUT2D eigenvalue weighted by Crippen LogP contribution is 2.28. The second-order valence-electron chi connectivity index (χ2n) is 6.71. The van der Waals surface area contributed by atoms with Gasteiger partial charge in [-0.15, -0.1) is 0 Å². The number of carbonyl (C=O) groups is 1. The van der Waals surface area contributed by atoms with E-state index in [1.54, 1.807) is 0 Å². The van der Waals surface area contributed by atoms with Gasteiger partial charge in [-0.3, -0.25) is 10.1 Å². The SMILES string of the molecule is CCOC(=O)C(CC)(CC(C)CC)NC1CCCCCC1. The van der Waals surface area contributed by atoms with Crippen LogP contribution in [0.15, 0.2) is 0 Å². The molecule has 0 aliphatic heterocycles. The molecule has 0 aromatic rings. The van der Waals surface area contributed by atoms with E-state index in [-0.39, 0.29) is 5.97 Å². The normalized spacial score (nSPS) is 21.3. The number of carbonyl (C=O) groups excluding carboxylic acids is 1. The molecule has 0 amide bonds. The van der Waals surface area contributed by atoms with Gasteiger partial charge in [0, 0.05) is 6.04 Å². The molecule has 1 rings (SSSR count). The molecule has 0 heterocycles. The highest BCUT2D eigenvalue weighted by atomic mass is 16.5. The maximum atomic E-state index is 12.6. The van der Waals surface area contributed by atoms with E-state index in [0.29, 0.717) is 18.6 Å². The number of rotatable bonds is 8. The van der Waals surface area contributed by atoms with Gasteiger partial charge in [0.25, 0.3) is 0 Å². The lowest BCUT2D eigenvalue weighted by Gasteiger charge is -2.37. The first-order valence-corrected chi connectivity index (χ1v) is 9.02. The van der Waals surface area contributed by atoms with Gasteiger partial charge in [0.05, 0.1) is 6.61 Å². The third-order valence-corrected chi connectivity index (χ3v) is 5.00. The van der Waals surface area contributed by atoms with E-state index in [0.717, 1.165) is 19.3 Å². The smallest absolute Gasteiger partial charge is 0.326 e. The Kier molecular flexibility index (Phi) is 8.31. The van der Waals surface area contributed by atoms with Crippen molar-refractivity contribution in [1.82, 2.24) is 5.32 Å². The monoisotopic (exact) mass is 297 g/mol. The van der Waals surface area contributed by atoms with Crippen LogP contribution in [0, 0.1) is 5.92 Å². The van der Waals surface area contributed by atoms with Gasteiger partial charge in [0.1, 0.15) is 5.54 Å². The molecule has 0 saturated heterocycles. The topological polar surface area (TPSA) is 38.3 Å². The Bertz CT molecular complexity index is 298. The van der Waals surface area contributed by atoms with Crippen LogP contribution < -0.4 is 5.32 Å². The largest absolute Gasteiger partial charge is 0.465 e. The molecule has 3 nitrogen and oxygen atoms in total. The van der Waals surface area contributed by atoms with E-state index in [1.807, 2.05) is 6.92 Å². The summed E-state index contributed by atoms with van der Waals surface area (Å²) in [5.74, 6) is 0.490. The summed E-state index contributed by atoms with van der Waals surface area (Å²) < 4.78 is 5.42. The van der Waals surface area contributed by atoms with Crippen LogP contribution in [-0.4, -0.2) is 24.2 Å². The van der Waals surface area contributed by atoms with Crippen LogP contribution in [0.4, 0.5) is 0 Å². The number of hydrogen-bond acceptors (Lipinski definition) is 3. The summed E-state index contributed by atoms with van der Waals surface area (Å²) >= 11 is 0. The van der Waals surface area contributed by atoms with Crippen molar-refractivity contribution in [2.75, 3.05) is 6.61 Å². The molecule has 0 aromatic carbocycles. The molecule has 1 aliphatic carbocycles. The lowest BCUT2D eigenvalue weighted by Crippen LogP contribution is -2.57. The van der Waals surface area contributed by atoms with Crippen LogP contribution in [0.1, 0.15) is 85.5 Å². The van der Waals surface area contributed by atoms with Gasteiger partial charge in [-0.05, 0) is 38.5 Å². The van der Waals surface area contributed by atoms with Crippen LogP contribution >= 0.6 is 0 Å². The fourth-order valence-electron chi connectivity index (χ4n) is 3.41. The van der Waals surface area contributed by atoms with Crippen LogP contribution in [-0.2, 0) is 9.53 Å². The summed E-state index contributed by atoms with van der Waals surface area (Å²) in [6.45, 7) is 8.91. The molecule has 0 bridgehead atoms. The number of nitrogens with one attached hydrogen (secondary N) is 1. The molecule has 1 fully saturated rings. The molecule has 3 heteroatoms. The Labute approximate surface area is 131 Å². The summed E-state index contributed by atoms with van der Waals surface area (Å²) in [6, 6.07) is 0.473. The molecule has 1 saturated carbocycles. The summed E-state index contributed by atoms with van der Waals surface area (Å²) in [7, 11) is 0. The molecule has 0 aromatic heterocycles. The lowest BCUT2D eigenvalue weighted by atomic mass is 9.83. The van der Waals surface area contributed by atoms with Crippen LogP contribution in [0.5, 0.6) is 0 Å². The van der Waals surface area contributed by atoms with Crippen molar-refractivity contribution < 1.29 is 9.53 Å². The molecule has 124 valence electrons. The second-order valence-corrected chi connectivity index (χ2v) is 6.71. The number of hydrogen-bond donors (Lipinski definition) is 1. The summed E-state index contributed by atoms with van der Waals surface area (Å²) in [4.78, 5) is 12.6. The predicted molar refractivity (Wildman–Crippen MR) is 88.4 cm³/mol. The first kappa shape index (κ1) is 18.5. The van der Waals surface area contributed by atoms with Crippen molar-refractivity contribution in [3.8, 4) is 0 Å². The molecular weight excluding hydrogens is 262 g/mol. The highest BCUT2D eigenvalue weighted by Gasteiger charge is 2.40. The van der Waals surface area contributed by atoms with E-state index in [1.165, 1.54) is 38.5 Å². The van der Waals surface area contributed by atoms with Crippen molar-refractivity contribution in [3.05, 3.63) is 0 Å². The minimum atomic E-state index is -0.486. The van der Waals surface area contributed by atoms with Gasteiger partial charge in [-0.1, -0.05) is 52.9 Å². The quantitative estimate of drug-likeness (QED) is 0.531. The molecule has 0 spiro atoms. The zero-order valence-electron chi connectivity index (χ0n) is 14.5. The van der Waals surface area contributed by atoms with Crippen molar-refractivity contribution in [2.45, 2.75) is 97.1 Å². The van der Waals surface area contributed by atoms with Crippen molar-refractivity contribution >= 4 is 5.97 Å². The standard InChI is InChI=1S/C18H35NO2/c1-5-15(4)14-18(6-2,17(20)21-7-3)19-16-12-10-8-9-11-13-16/h15-16,19H,5-14H2,1-4H3. The maximum absolute atomic E-state index is 12.6. The zero-order valence-corrected chi connectivity index (χ0v) is 14.5. The van der Waals surface area contributed by atoms with E-state index < -0.39 is 5.54 Å². The average molecular weight is 297 g/mol. The lowest BCUT2D eigenvalue weighted by molar-refractivity contribution is -0.153. The van der Waals surface area contributed by atoms with Crippen LogP contribution in [0.3, 0.4) is 0 Å². The van der Waals surface area contributed by atoms with E-state index in [2.05, 4.69) is 26.1 Å². The maximum Gasteiger partial charge on any atom is 0.326 e. The van der Waals surface area contributed by atoms with Gasteiger partial charge in [-0.25, -0.2) is 0 Å². The Morgan fingerprint density at radius 1 is 1.19 bits per heavy atom. The first-order valence-electron chi connectivity index (χ1n) is 9.02. The van der Waals surface area contributed by atoms with Crippen molar-refractivity contribution in [1.29, 1.82) is 0 Å². The minimum Gasteiger partial charge on any atom is -0.465 e. The van der Waals surface area contributed by atoms with E-state index >= 15 is 0 Å². The van der Waals surface area contributed by atoms with Gasteiger partial charge < -0.3 is 4.74 Å². The van der Waals surface area contributed by atoms with Crippen LogP contribution in [0.2, 0.25) is 0 Å². The molecule has 2 atom stereocenters. The molecule has 21 heavy (non-hydrogen) atoms. The minimum absolute atomic E-state index is 0.0444. The van der Waals surface area contributed by atoms with Crippen LogP contribution in [0.25, 0.3) is 0 Å². The fourth-order valence-corrected chi connectivity index (χ4v) is 3.41. The van der Waals surface area contributed by atoms with Gasteiger partial charge in [-0.2, -0.15) is 0 Å². The predicted octanol–water partition coefficient (Wildman–Crippen LogP) is 4.45. The summed E-state index contributed by atoms with van der Waals surface area (Å²) in [6.07, 6.45) is 10.4. The number of ether oxygens (including phenoxy) is 1. The highest BCUT2D eigenvalue weighted by molar-refractivity contribution is 5.81. The summed E-state index contributed by atoms with van der Waals surface area (Å²) in [5, 5.41) is 3.73. The van der Waals surface area contributed by atoms with Crippen molar-refractivity contribution in [3.63, 3.8) is 0 Å². The fraction of sp³-hybridized carbons (Fsp3) is 0.944. The van der Waals surface area contributed by atoms with Crippen molar-refractivity contribution in [2.24, 2.45) is 5.92 Å². The third-order valence-electron chi connectivity index (χ3n) is 5.00. The van der Waals surface area contributed by atoms with E-state index in [9.17, 15) is 4.79 Å². The first-order chi connectivity index (χ1) is 10.1. The molecule has 1 aliphatic rings.